The maximum atomic E-state index is 13.5. The quantitative estimate of drug-likeness (QED) is 0.784. The topological polar surface area (TPSA) is 71.8 Å². The first kappa shape index (κ1) is 22.5. The molecule has 2 heterocycles. The van der Waals surface area contributed by atoms with Gasteiger partial charge in [0.2, 0.25) is 0 Å². The molecular formula is C24H28F2N2O4. The summed E-state index contributed by atoms with van der Waals surface area (Å²) < 4.78 is 34.0. The van der Waals surface area contributed by atoms with Crippen LogP contribution in [-0.2, 0) is 13.5 Å². The Hall–Kier alpha value is -2.74. The van der Waals surface area contributed by atoms with Crippen molar-refractivity contribution in [2.45, 2.75) is 45.3 Å². The van der Waals surface area contributed by atoms with Crippen molar-refractivity contribution in [2.24, 2.45) is 18.9 Å². The van der Waals surface area contributed by atoms with Crippen LogP contribution in [0.25, 0.3) is 0 Å². The number of aromatic nitrogens is 1. The molecule has 0 spiro atoms. The molecule has 4 atom stereocenters. The van der Waals surface area contributed by atoms with Crippen molar-refractivity contribution in [3.63, 3.8) is 0 Å². The van der Waals surface area contributed by atoms with Crippen LogP contribution in [0.15, 0.2) is 29.1 Å². The molecule has 172 valence electrons. The predicted octanol–water partition coefficient (Wildman–Crippen LogP) is 2.82. The van der Waals surface area contributed by atoms with Gasteiger partial charge < -0.3 is 19.3 Å². The van der Waals surface area contributed by atoms with E-state index < -0.39 is 23.8 Å². The number of aliphatic hydroxyl groups is 1. The van der Waals surface area contributed by atoms with Crippen molar-refractivity contribution in [1.82, 2.24) is 9.47 Å². The number of nitrogens with zero attached hydrogens (tertiary/aromatic N) is 2. The molecule has 1 aliphatic carbocycles. The highest BCUT2D eigenvalue weighted by Gasteiger charge is 2.44. The zero-order chi connectivity index (χ0) is 23.2. The third-order valence-electron chi connectivity index (χ3n) is 6.87. The summed E-state index contributed by atoms with van der Waals surface area (Å²) in [5.41, 5.74) is 1.68. The molecule has 1 saturated carbocycles. The van der Waals surface area contributed by atoms with Crippen LogP contribution >= 0.6 is 0 Å². The highest BCUT2D eigenvalue weighted by atomic mass is 19.2. The molecule has 1 saturated heterocycles. The van der Waals surface area contributed by atoms with Crippen molar-refractivity contribution in [3.05, 3.63) is 63.1 Å². The Morgan fingerprint density at radius 2 is 1.84 bits per heavy atom. The Labute approximate surface area is 185 Å². The Balaban J connectivity index is 1.48. The number of hydrogen-bond acceptors (Lipinski definition) is 4. The number of aryl methyl sites for hydroxylation is 1. The summed E-state index contributed by atoms with van der Waals surface area (Å²) in [6, 6.07) is 4.97. The zero-order valence-corrected chi connectivity index (χ0v) is 18.5. The number of hydrogen-bond donors (Lipinski definition) is 1. The van der Waals surface area contributed by atoms with Crippen molar-refractivity contribution in [3.8, 4) is 5.75 Å². The van der Waals surface area contributed by atoms with Gasteiger partial charge in [0, 0.05) is 31.9 Å². The number of likely N-dealkylation sites (tertiary alicyclic amines) is 1. The van der Waals surface area contributed by atoms with E-state index in [9.17, 15) is 23.5 Å². The average Bonchev–Trinajstić information content (AvgIpc) is 3.16. The number of aliphatic hydroxyl groups excluding tert-OH is 1. The normalized spacial score (nSPS) is 25.0. The molecule has 1 aromatic heterocycles. The largest absolute Gasteiger partial charge is 0.488 e. The lowest BCUT2D eigenvalue weighted by atomic mass is 9.78. The van der Waals surface area contributed by atoms with Crippen LogP contribution in [0.1, 0.15) is 41.4 Å². The summed E-state index contributed by atoms with van der Waals surface area (Å²) in [6.45, 7) is 4.80. The van der Waals surface area contributed by atoms with Gasteiger partial charge in [0.1, 0.15) is 17.4 Å². The van der Waals surface area contributed by atoms with Gasteiger partial charge >= 0.3 is 0 Å². The van der Waals surface area contributed by atoms with E-state index in [1.807, 2.05) is 13.8 Å². The summed E-state index contributed by atoms with van der Waals surface area (Å²) in [7, 11) is 1.69. The molecule has 2 fully saturated rings. The van der Waals surface area contributed by atoms with Gasteiger partial charge in [-0.15, -0.1) is 0 Å². The van der Waals surface area contributed by atoms with Gasteiger partial charge in [-0.1, -0.05) is 6.92 Å². The molecule has 0 unspecified atom stereocenters. The molecule has 2 aliphatic rings. The van der Waals surface area contributed by atoms with Crippen molar-refractivity contribution >= 4 is 5.91 Å². The molecule has 1 amide bonds. The minimum absolute atomic E-state index is 0.0949. The van der Waals surface area contributed by atoms with Crippen LogP contribution in [0, 0.1) is 30.4 Å². The number of ether oxygens (including phenoxy) is 1. The smallest absolute Gasteiger partial charge is 0.263 e. The fraction of sp³-hybridized carbons (Fsp3) is 0.500. The Morgan fingerprint density at radius 3 is 2.50 bits per heavy atom. The van der Waals surface area contributed by atoms with Crippen LogP contribution in [0.4, 0.5) is 8.78 Å². The fourth-order valence-electron chi connectivity index (χ4n) is 5.18. The summed E-state index contributed by atoms with van der Waals surface area (Å²) in [4.78, 5) is 27.6. The molecule has 1 aliphatic heterocycles. The molecule has 6 nitrogen and oxygen atoms in total. The molecule has 2 aromatic rings. The van der Waals surface area contributed by atoms with Gasteiger partial charge in [-0.3, -0.25) is 9.59 Å². The van der Waals surface area contributed by atoms with E-state index >= 15 is 0 Å². The van der Waals surface area contributed by atoms with E-state index in [-0.39, 0.29) is 34.6 Å². The second-order valence-electron chi connectivity index (χ2n) is 8.91. The van der Waals surface area contributed by atoms with E-state index in [1.165, 1.54) is 6.07 Å². The number of carbonyl (C=O) groups excluding carboxylic acids is 1. The maximum absolute atomic E-state index is 13.5. The van der Waals surface area contributed by atoms with E-state index in [1.54, 1.807) is 22.6 Å². The number of amides is 1. The fourth-order valence-corrected chi connectivity index (χ4v) is 5.18. The number of rotatable bonds is 4. The minimum atomic E-state index is -1.01. The van der Waals surface area contributed by atoms with Gasteiger partial charge in [-0.2, -0.15) is 0 Å². The first-order chi connectivity index (χ1) is 15.2. The van der Waals surface area contributed by atoms with Gasteiger partial charge in [0.05, 0.1) is 6.10 Å². The van der Waals surface area contributed by atoms with Gasteiger partial charge in [-0.25, -0.2) is 8.78 Å². The second-order valence-corrected chi connectivity index (χ2v) is 8.91. The van der Waals surface area contributed by atoms with Crippen molar-refractivity contribution < 1.29 is 23.4 Å². The van der Waals surface area contributed by atoms with Crippen molar-refractivity contribution in [1.29, 1.82) is 0 Å². The number of carbonyl (C=O) groups is 1. The molecule has 4 rings (SSSR count). The van der Waals surface area contributed by atoms with E-state index in [4.69, 9.17) is 4.74 Å². The Bertz CT molecular complexity index is 1100. The molecule has 0 bridgehead atoms. The van der Waals surface area contributed by atoms with Crippen LogP contribution in [-0.4, -0.2) is 45.8 Å². The summed E-state index contributed by atoms with van der Waals surface area (Å²) in [6.07, 6.45) is 0.278. The Morgan fingerprint density at radius 1 is 1.16 bits per heavy atom. The Kier molecular flexibility index (Phi) is 6.07. The number of fused-ring (bicyclic) bond motifs is 1. The van der Waals surface area contributed by atoms with Gasteiger partial charge in [0.15, 0.2) is 11.6 Å². The van der Waals surface area contributed by atoms with E-state index in [2.05, 4.69) is 0 Å². The first-order valence-corrected chi connectivity index (χ1v) is 11.0. The zero-order valence-electron chi connectivity index (χ0n) is 18.5. The predicted molar refractivity (Wildman–Crippen MR) is 115 cm³/mol. The highest BCUT2D eigenvalue weighted by molar-refractivity contribution is 5.94. The van der Waals surface area contributed by atoms with Crippen LogP contribution < -0.4 is 10.3 Å². The summed E-state index contributed by atoms with van der Waals surface area (Å²) in [5, 5.41) is 10.6. The van der Waals surface area contributed by atoms with Crippen LogP contribution in [0.3, 0.4) is 0 Å². The minimum Gasteiger partial charge on any atom is -0.488 e. The maximum Gasteiger partial charge on any atom is 0.263 e. The lowest BCUT2D eigenvalue weighted by Crippen LogP contribution is -2.42. The molecule has 32 heavy (non-hydrogen) atoms. The molecule has 8 heteroatoms. The second kappa shape index (κ2) is 8.65. The molecule has 1 aromatic carbocycles. The SMILES string of the molecule is CCc1c(C)cc(C(=O)N2C[C@H]3C[C@@H](Oc4ccc(F)c(F)c4)[C@H](O)C[C@H]3C2)c(=O)n1C. The first-order valence-electron chi connectivity index (χ1n) is 11.0. The third kappa shape index (κ3) is 4.03. The number of benzene rings is 1. The van der Waals surface area contributed by atoms with E-state index in [0.717, 1.165) is 23.4 Å². The van der Waals surface area contributed by atoms with Gasteiger partial charge in [0.25, 0.3) is 11.5 Å². The van der Waals surface area contributed by atoms with Crippen LogP contribution in [0.5, 0.6) is 5.75 Å². The summed E-state index contributed by atoms with van der Waals surface area (Å²) >= 11 is 0. The molecule has 0 radical (unpaired) electrons. The summed E-state index contributed by atoms with van der Waals surface area (Å²) in [5.74, 6) is -1.91. The lowest BCUT2D eigenvalue weighted by Gasteiger charge is -2.35. The standard InChI is InChI=1S/C24H28F2N2O4/c1-4-20-13(2)7-17(23(30)27(20)3)24(31)28-11-14-8-21(29)22(9-15(14)12-28)32-16-5-6-18(25)19(26)10-16/h5-7,10,14-15,21-22,29H,4,8-9,11-12H2,1-3H3/t14-,15+,21+,22+/m0/s1. The molecular weight excluding hydrogens is 418 g/mol. The van der Waals surface area contributed by atoms with Crippen molar-refractivity contribution in [2.75, 3.05) is 13.1 Å². The molecule has 1 N–H and O–H groups in total. The van der Waals surface area contributed by atoms with E-state index in [0.29, 0.717) is 32.4 Å². The number of pyridine rings is 1. The lowest BCUT2D eigenvalue weighted by molar-refractivity contribution is -0.0233. The highest BCUT2D eigenvalue weighted by Crippen LogP contribution is 2.38. The average molecular weight is 446 g/mol. The monoisotopic (exact) mass is 446 g/mol. The van der Waals surface area contributed by atoms with Gasteiger partial charge in [-0.05, 0) is 61.8 Å². The van der Waals surface area contributed by atoms with Crippen LogP contribution in [0.2, 0.25) is 0 Å². The third-order valence-corrected chi connectivity index (χ3v) is 6.87. The number of halogens is 2.